The summed E-state index contributed by atoms with van der Waals surface area (Å²) < 4.78 is 49.0. The van der Waals surface area contributed by atoms with Crippen LogP contribution < -0.4 is 10.1 Å². The molecule has 1 aliphatic heterocycles. The highest BCUT2D eigenvalue weighted by molar-refractivity contribution is 5.96. The van der Waals surface area contributed by atoms with Gasteiger partial charge in [0, 0.05) is 79.1 Å². The maximum Gasteiger partial charge on any atom is 0.413 e. The number of ether oxygens (including phenoxy) is 1. The second kappa shape index (κ2) is 11.9. The number of nitrogens with one attached hydrogen (secondary N) is 2. The molecule has 1 atom stereocenters. The summed E-state index contributed by atoms with van der Waals surface area (Å²) in [5.41, 5.74) is 0.570. The molecule has 2 aliphatic rings. The number of nitrogens with zero attached hydrogens (tertiary/aromatic N) is 5. The Bertz CT molecular complexity index is 1730. The summed E-state index contributed by atoms with van der Waals surface area (Å²) in [4.78, 5) is 33.7. The highest BCUT2D eigenvalue weighted by Gasteiger charge is 2.47. The van der Waals surface area contributed by atoms with E-state index in [0.717, 1.165) is 37.8 Å². The van der Waals surface area contributed by atoms with E-state index in [2.05, 4.69) is 35.1 Å². The van der Waals surface area contributed by atoms with Gasteiger partial charge in [-0.3, -0.25) is 14.7 Å². The largest absolute Gasteiger partial charge is 0.437 e. The summed E-state index contributed by atoms with van der Waals surface area (Å²) in [6.45, 7) is 5.02. The van der Waals surface area contributed by atoms with Gasteiger partial charge in [0.1, 0.15) is 11.3 Å². The molecule has 2 N–H and O–H groups in total. The third-order valence-corrected chi connectivity index (χ3v) is 8.08. The highest BCUT2D eigenvalue weighted by atomic mass is 19.4. The number of aromatic nitrogens is 4. The number of likely N-dealkylation sites (N-methyl/N-ethyl adjacent to an activating group) is 1. The third-order valence-electron chi connectivity index (χ3n) is 8.08. The molecule has 0 saturated carbocycles. The van der Waals surface area contributed by atoms with Crippen LogP contribution in [-0.2, 0) is 0 Å². The quantitative estimate of drug-likeness (QED) is 0.285. The SMILES string of the molecule is CN1CCN(CC2(C)CC=C(NC(=O)c3cccc(Oc4nc(-c5ccncc5)nc5cc[nH]c45)c3)C=C2C(F)(F)F)CC1. The Kier molecular flexibility index (Phi) is 7.95. The van der Waals surface area contributed by atoms with Gasteiger partial charge in [-0.1, -0.05) is 19.1 Å². The standard InChI is InChI=1S/C32H32F3N7O2/c1-31(20-42-16-14-41(2)15-17-42)10-6-23(19-26(31)32(33,34)35)38-29(43)22-4-3-5-24(18-22)44-30-27-25(9-13-37-27)39-28(40-30)21-7-11-36-12-8-21/h3-9,11-13,18-19,37H,10,14-17,20H2,1-2H3,(H,38,43). The molecule has 1 amide bonds. The number of alkyl halides is 3. The van der Waals surface area contributed by atoms with E-state index in [4.69, 9.17) is 4.74 Å². The van der Waals surface area contributed by atoms with Gasteiger partial charge in [0.2, 0.25) is 5.88 Å². The number of piperazine rings is 1. The van der Waals surface area contributed by atoms with Gasteiger partial charge in [0.15, 0.2) is 5.82 Å². The Hall–Kier alpha value is -4.55. The number of hydrogen-bond acceptors (Lipinski definition) is 7. The van der Waals surface area contributed by atoms with E-state index in [-0.39, 0.29) is 23.6 Å². The molecule has 1 saturated heterocycles. The zero-order valence-electron chi connectivity index (χ0n) is 24.4. The molecule has 228 valence electrons. The molecule has 0 spiro atoms. The number of fused-ring (bicyclic) bond motifs is 1. The maximum atomic E-state index is 14.3. The zero-order chi connectivity index (χ0) is 30.9. The van der Waals surface area contributed by atoms with Crippen molar-refractivity contribution in [2.75, 3.05) is 39.8 Å². The predicted octanol–water partition coefficient (Wildman–Crippen LogP) is 5.57. The average molecular weight is 604 g/mol. The molecule has 1 fully saturated rings. The van der Waals surface area contributed by atoms with Gasteiger partial charge in [-0.05, 0) is 55.9 Å². The Morgan fingerprint density at radius 1 is 1.09 bits per heavy atom. The van der Waals surface area contributed by atoms with Crippen molar-refractivity contribution in [3.63, 3.8) is 0 Å². The molecule has 12 heteroatoms. The van der Waals surface area contributed by atoms with E-state index in [1.807, 2.05) is 7.05 Å². The second-order valence-corrected chi connectivity index (χ2v) is 11.5. The number of carbonyl (C=O) groups is 1. The molecular weight excluding hydrogens is 571 g/mol. The molecular formula is C32H32F3N7O2. The Balaban J connectivity index is 1.20. The van der Waals surface area contributed by atoms with Crippen LogP contribution in [0.3, 0.4) is 0 Å². The van der Waals surface area contributed by atoms with Crippen molar-refractivity contribution < 1.29 is 22.7 Å². The molecule has 3 aromatic heterocycles. The lowest BCUT2D eigenvalue weighted by molar-refractivity contribution is -0.109. The van der Waals surface area contributed by atoms with E-state index in [1.165, 1.54) is 6.07 Å². The molecule has 1 aromatic carbocycles. The second-order valence-electron chi connectivity index (χ2n) is 11.5. The van der Waals surface area contributed by atoms with E-state index in [0.29, 0.717) is 29.2 Å². The zero-order valence-corrected chi connectivity index (χ0v) is 24.4. The van der Waals surface area contributed by atoms with Gasteiger partial charge < -0.3 is 19.9 Å². The first-order valence-electron chi connectivity index (χ1n) is 14.3. The third kappa shape index (κ3) is 6.36. The van der Waals surface area contributed by atoms with Gasteiger partial charge in [-0.25, -0.2) is 4.98 Å². The minimum Gasteiger partial charge on any atom is -0.437 e. The van der Waals surface area contributed by atoms with Gasteiger partial charge in [0.05, 0.1) is 5.52 Å². The van der Waals surface area contributed by atoms with Crippen LogP contribution >= 0.6 is 0 Å². The van der Waals surface area contributed by atoms with Crippen molar-refractivity contribution >= 4 is 16.9 Å². The number of rotatable bonds is 7. The number of allylic oxidation sites excluding steroid dienone is 2. The molecule has 4 aromatic rings. The molecule has 4 heterocycles. The number of carbonyl (C=O) groups excluding carboxylic acids is 1. The van der Waals surface area contributed by atoms with Gasteiger partial charge in [-0.15, -0.1) is 0 Å². The van der Waals surface area contributed by atoms with Crippen molar-refractivity contribution in [1.82, 2.24) is 35.1 Å². The molecule has 9 nitrogen and oxygen atoms in total. The Labute approximate surface area is 252 Å². The first kappa shape index (κ1) is 29.5. The molecule has 0 bridgehead atoms. The predicted molar refractivity (Wildman–Crippen MR) is 160 cm³/mol. The molecule has 1 aliphatic carbocycles. The number of aromatic amines is 1. The smallest absolute Gasteiger partial charge is 0.413 e. The Morgan fingerprint density at radius 3 is 2.61 bits per heavy atom. The van der Waals surface area contributed by atoms with Crippen LogP contribution in [-0.4, -0.2) is 81.6 Å². The lowest BCUT2D eigenvalue weighted by Crippen LogP contribution is -2.49. The summed E-state index contributed by atoms with van der Waals surface area (Å²) in [6.07, 6.45) is 3.38. The molecule has 6 rings (SSSR count). The van der Waals surface area contributed by atoms with E-state index in [1.54, 1.807) is 68.0 Å². The van der Waals surface area contributed by atoms with Crippen LogP contribution in [0.1, 0.15) is 23.7 Å². The number of pyridine rings is 1. The summed E-state index contributed by atoms with van der Waals surface area (Å²) >= 11 is 0. The monoisotopic (exact) mass is 603 g/mol. The highest BCUT2D eigenvalue weighted by Crippen LogP contribution is 2.45. The van der Waals surface area contributed by atoms with Gasteiger partial charge in [0.25, 0.3) is 5.91 Å². The van der Waals surface area contributed by atoms with Crippen molar-refractivity contribution in [2.45, 2.75) is 19.5 Å². The number of benzene rings is 1. The fourth-order valence-electron chi connectivity index (χ4n) is 5.63. The lowest BCUT2D eigenvalue weighted by Gasteiger charge is -2.42. The normalized spacial score (nSPS) is 19.8. The average Bonchev–Trinajstić information content (AvgIpc) is 3.49. The topological polar surface area (TPSA) is 99.3 Å². The number of hydrogen-bond donors (Lipinski definition) is 2. The van der Waals surface area contributed by atoms with Crippen LogP contribution in [0.2, 0.25) is 0 Å². The van der Waals surface area contributed by atoms with Crippen molar-refractivity contribution in [3.05, 3.63) is 90.0 Å². The van der Waals surface area contributed by atoms with Gasteiger partial charge >= 0.3 is 6.18 Å². The summed E-state index contributed by atoms with van der Waals surface area (Å²) in [6, 6.07) is 11.8. The lowest BCUT2D eigenvalue weighted by atomic mass is 9.74. The van der Waals surface area contributed by atoms with E-state index in [9.17, 15) is 18.0 Å². The maximum absolute atomic E-state index is 14.3. The van der Waals surface area contributed by atoms with Crippen LogP contribution in [0.15, 0.2) is 84.5 Å². The molecule has 44 heavy (non-hydrogen) atoms. The van der Waals surface area contributed by atoms with Crippen LogP contribution in [0.25, 0.3) is 22.4 Å². The van der Waals surface area contributed by atoms with Crippen LogP contribution in [0.5, 0.6) is 11.6 Å². The van der Waals surface area contributed by atoms with Crippen molar-refractivity contribution in [2.24, 2.45) is 5.41 Å². The number of halogens is 3. The summed E-state index contributed by atoms with van der Waals surface area (Å²) in [7, 11) is 2.01. The number of H-pyrrole nitrogens is 1. The fourth-order valence-corrected chi connectivity index (χ4v) is 5.63. The fraction of sp³-hybridized carbons (Fsp3) is 0.312. The minimum atomic E-state index is -4.53. The van der Waals surface area contributed by atoms with Crippen LogP contribution in [0, 0.1) is 5.41 Å². The first-order chi connectivity index (χ1) is 21.1. The number of amides is 1. The van der Waals surface area contributed by atoms with Gasteiger partial charge in [-0.2, -0.15) is 18.2 Å². The summed E-state index contributed by atoms with van der Waals surface area (Å²) in [5.74, 6) is 0.486. The van der Waals surface area contributed by atoms with E-state index < -0.39 is 23.1 Å². The van der Waals surface area contributed by atoms with Crippen molar-refractivity contribution in [1.29, 1.82) is 0 Å². The van der Waals surface area contributed by atoms with E-state index >= 15 is 0 Å². The van der Waals surface area contributed by atoms with Crippen molar-refractivity contribution in [3.8, 4) is 23.0 Å². The first-order valence-corrected chi connectivity index (χ1v) is 14.3. The minimum absolute atomic E-state index is 0.121. The Morgan fingerprint density at radius 2 is 1.86 bits per heavy atom. The van der Waals surface area contributed by atoms with Crippen LogP contribution in [0.4, 0.5) is 13.2 Å². The summed E-state index contributed by atoms with van der Waals surface area (Å²) in [5, 5.41) is 2.66. The molecule has 0 radical (unpaired) electrons. The molecule has 1 unspecified atom stereocenters.